The van der Waals surface area contributed by atoms with Crippen LogP contribution in [0.25, 0.3) is 0 Å². The summed E-state index contributed by atoms with van der Waals surface area (Å²) in [5, 5.41) is 0. The van der Waals surface area contributed by atoms with E-state index in [-0.39, 0.29) is 20.8 Å². The zero-order valence-electron chi connectivity index (χ0n) is 11.1. The zero-order chi connectivity index (χ0) is 18.2. The van der Waals surface area contributed by atoms with Crippen molar-refractivity contribution in [2.45, 2.75) is 57.0 Å². The van der Waals surface area contributed by atoms with Gasteiger partial charge in [0.25, 0.3) is 0 Å². The van der Waals surface area contributed by atoms with Crippen molar-refractivity contribution in [2.75, 3.05) is 0 Å². The summed E-state index contributed by atoms with van der Waals surface area (Å²) in [4.78, 5) is 2.23. The van der Waals surface area contributed by atoms with E-state index in [0.29, 0.717) is 0 Å². The van der Waals surface area contributed by atoms with Crippen LogP contribution in [-0.2, 0) is 14.4 Å². The molecule has 0 aromatic heterocycles. The molecule has 0 amide bonds. The standard InChI is InChI=1S/C9H10F10O3/c1-4(6(10,11)12)20-9(22-19,8(16,17)18)21-5(2,3)7(13,14)15/h4H,1-3H3. The van der Waals surface area contributed by atoms with Crippen LogP contribution in [0.3, 0.4) is 0 Å². The second-order valence-corrected chi connectivity index (χ2v) is 4.54. The Labute approximate surface area is 117 Å². The first kappa shape index (κ1) is 21.2. The minimum atomic E-state index is -6.20. The molecule has 0 bridgehead atoms. The number of hydrogen-bond acceptors (Lipinski definition) is 3. The van der Waals surface area contributed by atoms with Gasteiger partial charge in [-0.15, -0.1) is 4.94 Å². The molecular formula is C9H10F10O3. The number of alkyl halides is 9. The second kappa shape index (κ2) is 6.00. The molecule has 0 saturated carbocycles. The molecule has 2 atom stereocenters. The molecule has 3 nitrogen and oxygen atoms in total. The Hall–Kier alpha value is -0.820. The first-order chi connectivity index (χ1) is 9.40. The highest BCUT2D eigenvalue weighted by Crippen LogP contribution is 2.45. The fourth-order valence-corrected chi connectivity index (χ4v) is 0.920. The maximum atomic E-state index is 12.7. The maximum Gasteiger partial charge on any atom is 0.476 e. The van der Waals surface area contributed by atoms with Gasteiger partial charge in [-0.25, -0.2) is 0 Å². The molecule has 134 valence electrons. The summed E-state index contributed by atoms with van der Waals surface area (Å²) >= 11 is 0. The molecule has 0 heterocycles. The Kier molecular flexibility index (Phi) is 5.77. The smallest absolute Gasteiger partial charge is 0.306 e. The average Bonchev–Trinajstić information content (AvgIpc) is 2.22. The lowest BCUT2D eigenvalue weighted by Gasteiger charge is -2.39. The van der Waals surface area contributed by atoms with E-state index < -0.39 is 36.2 Å². The molecule has 0 aromatic carbocycles. The Morgan fingerprint density at radius 3 is 1.41 bits per heavy atom. The van der Waals surface area contributed by atoms with E-state index in [1.54, 1.807) is 0 Å². The predicted molar refractivity (Wildman–Crippen MR) is 48.8 cm³/mol. The predicted octanol–water partition coefficient (Wildman–Crippen LogP) is 4.43. The molecule has 0 aliphatic carbocycles. The molecule has 0 aromatic rings. The summed E-state index contributed by atoms with van der Waals surface area (Å²) in [6.45, 7) is 0.0473. The van der Waals surface area contributed by atoms with Gasteiger partial charge in [0.05, 0.1) is 0 Å². The van der Waals surface area contributed by atoms with Crippen molar-refractivity contribution in [1.29, 1.82) is 0 Å². The lowest BCUT2D eigenvalue weighted by atomic mass is 10.1. The number of ether oxygens (including phenoxy) is 2. The topological polar surface area (TPSA) is 27.7 Å². The first-order valence-corrected chi connectivity index (χ1v) is 5.27. The quantitative estimate of drug-likeness (QED) is 0.539. The molecule has 2 unspecified atom stereocenters. The van der Waals surface area contributed by atoms with Crippen molar-refractivity contribution in [2.24, 2.45) is 0 Å². The van der Waals surface area contributed by atoms with E-state index in [4.69, 9.17) is 0 Å². The van der Waals surface area contributed by atoms with Gasteiger partial charge in [0.1, 0.15) is 0 Å². The first-order valence-electron chi connectivity index (χ1n) is 5.27. The maximum absolute atomic E-state index is 12.7. The largest absolute Gasteiger partial charge is 0.476 e. The fraction of sp³-hybridized carbons (Fsp3) is 1.00. The molecule has 22 heavy (non-hydrogen) atoms. The van der Waals surface area contributed by atoms with E-state index >= 15 is 0 Å². The summed E-state index contributed by atoms with van der Waals surface area (Å²) in [5.41, 5.74) is -3.74. The van der Waals surface area contributed by atoms with Gasteiger partial charge in [-0.05, 0) is 25.3 Å². The number of rotatable bonds is 5. The summed E-state index contributed by atoms with van der Waals surface area (Å²) < 4.78 is 131. The summed E-state index contributed by atoms with van der Waals surface area (Å²) in [6.07, 6.45) is -20.5. The Morgan fingerprint density at radius 2 is 1.18 bits per heavy atom. The second-order valence-electron chi connectivity index (χ2n) is 4.54. The minimum Gasteiger partial charge on any atom is -0.306 e. The zero-order valence-corrected chi connectivity index (χ0v) is 11.1. The van der Waals surface area contributed by atoms with Crippen molar-refractivity contribution >= 4 is 0 Å². The van der Waals surface area contributed by atoms with Crippen LogP contribution in [0, 0.1) is 0 Å². The van der Waals surface area contributed by atoms with Gasteiger partial charge < -0.3 is 9.47 Å². The third kappa shape index (κ3) is 4.59. The van der Waals surface area contributed by atoms with E-state index in [0.717, 1.165) is 0 Å². The van der Waals surface area contributed by atoms with Gasteiger partial charge in [-0.1, -0.05) is 0 Å². The van der Waals surface area contributed by atoms with Crippen LogP contribution in [-0.4, -0.2) is 36.2 Å². The molecule has 0 saturated heterocycles. The highest BCUT2D eigenvalue weighted by Gasteiger charge is 2.69. The normalized spacial score (nSPS) is 19.0. The van der Waals surface area contributed by atoms with Crippen LogP contribution in [0.1, 0.15) is 20.8 Å². The highest BCUT2D eigenvalue weighted by molar-refractivity contribution is 4.84. The monoisotopic (exact) mass is 356 g/mol. The number of hydrogen-bond donors (Lipinski definition) is 0. The molecule has 0 N–H and O–H groups in total. The molecule has 0 radical (unpaired) electrons. The molecule has 0 fully saturated rings. The SMILES string of the molecule is CC(OC(OF)(OC(C)(C)C(F)(F)F)C(F)(F)F)C(F)(F)F. The molecule has 0 aliphatic rings. The van der Waals surface area contributed by atoms with Gasteiger partial charge >= 0.3 is 24.5 Å². The average molecular weight is 356 g/mol. The van der Waals surface area contributed by atoms with Crippen LogP contribution in [0.2, 0.25) is 0 Å². The molecule has 0 rings (SSSR count). The van der Waals surface area contributed by atoms with Crippen LogP contribution >= 0.6 is 0 Å². The van der Waals surface area contributed by atoms with E-state index in [1.807, 2.05) is 0 Å². The van der Waals surface area contributed by atoms with Crippen LogP contribution < -0.4 is 0 Å². The molecule has 13 heteroatoms. The van der Waals surface area contributed by atoms with Crippen LogP contribution in [0.15, 0.2) is 0 Å². The van der Waals surface area contributed by atoms with Crippen molar-refractivity contribution < 1.29 is 58.5 Å². The van der Waals surface area contributed by atoms with Gasteiger partial charge in [0.15, 0.2) is 11.7 Å². The lowest BCUT2D eigenvalue weighted by molar-refractivity contribution is -0.567. The van der Waals surface area contributed by atoms with E-state index in [2.05, 4.69) is 14.4 Å². The third-order valence-corrected chi connectivity index (χ3v) is 2.31. The Bertz CT molecular complexity index is 371. The molecular weight excluding hydrogens is 346 g/mol. The van der Waals surface area contributed by atoms with Gasteiger partial charge in [0.2, 0.25) is 0 Å². The third-order valence-electron chi connectivity index (χ3n) is 2.31. The Morgan fingerprint density at radius 1 is 0.773 bits per heavy atom. The number of halogens is 10. The van der Waals surface area contributed by atoms with Crippen LogP contribution in [0.4, 0.5) is 44.0 Å². The van der Waals surface area contributed by atoms with Crippen LogP contribution in [0.5, 0.6) is 0 Å². The summed E-state index contributed by atoms with van der Waals surface area (Å²) in [7, 11) is 0. The van der Waals surface area contributed by atoms with Crippen molar-refractivity contribution in [3.05, 3.63) is 0 Å². The van der Waals surface area contributed by atoms with Crippen molar-refractivity contribution in [3.63, 3.8) is 0 Å². The van der Waals surface area contributed by atoms with Gasteiger partial charge in [-0.2, -0.15) is 39.5 Å². The summed E-state index contributed by atoms with van der Waals surface area (Å²) in [6, 6.07) is 0. The van der Waals surface area contributed by atoms with E-state index in [1.165, 1.54) is 0 Å². The minimum absolute atomic E-state index is 0.00343. The Balaban J connectivity index is 5.75. The fourth-order valence-electron chi connectivity index (χ4n) is 0.920. The van der Waals surface area contributed by atoms with Gasteiger partial charge in [-0.3, -0.25) is 0 Å². The van der Waals surface area contributed by atoms with Crippen molar-refractivity contribution in [1.82, 2.24) is 0 Å². The highest BCUT2D eigenvalue weighted by atomic mass is 19.4. The lowest BCUT2D eigenvalue weighted by Crippen LogP contribution is -2.60. The van der Waals surface area contributed by atoms with Gasteiger partial charge in [0, 0.05) is 0 Å². The van der Waals surface area contributed by atoms with E-state index in [9.17, 15) is 44.0 Å². The molecule has 0 aliphatic heterocycles. The van der Waals surface area contributed by atoms with Crippen molar-refractivity contribution in [3.8, 4) is 0 Å². The molecule has 0 spiro atoms. The summed E-state index contributed by atoms with van der Waals surface area (Å²) in [5.74, 6) is -5.21.